The lowest BCUT2D eigenvalue weighted by atomic mass is 10.2. The molecule has 2 rings (SSSR count). The van der Waals surface area contributed by atoms with Crippen molar-refractivity contribution in [2.45, 2.75) is 13.0 Å². The number of nitriles is 1. The number of halogens is 1. The van der Waals surface area contributed by atoms with Crippen molar-refractivity contribution in [1.29, 1.82) is 5.26 Å². The van der Waals surface area contributed by atoms with Gasteiger partial charge in [0.1, 0.15) is 36.0 Å². The summed E-state index contributed by atoms with van der Waals surface area (Å²) in [7, 11) is 0. The van der Waals surface area contributed by atoms with E-state index in [9.17, 15) is 14.3 Å². The fourth-order valence-electron chi connectivity index (χ4n) is 1.89. The van der Waals surface area contributed by atoms with Crippen LogP contribution in [0.25, 0.3) is 0 Å². The summed E-state index contributed by atoms with van der Waals surface area (Å²) < 4.78 is 18.0. The number of aliphatic hydroxyl groups excluding tert-OH is 1. The number of benzene rings is 1. The van der Waals surface area contributed by atoms with Crippen LogP contribution in [0.1, 0.15) is 21.7 Å². The van der Waals surface area contributed by atoms with Gasteiger partial charge >= 0.3 is 0 Å². The number of aryl methyl sites for hydroxylation is 1. The van der Waals surface area contributed by atoms with Crippen LogP contribution in [0.5, 0.6) is 5.75 Å². The molecule has 0 aliphatic rings. The molecule has 0 saturated carbocycles. The van der Waals surface area contributed by atoms with Crippen molar-refractivity contribution >= 4 is 5.91 Å². The highest BCUT2D eigenvalue weighted by Gasteiger charge is 2.12. The Hall–Kier alpha value is -2.98. The van der Waals surface area contributed by atoms with E-state index in [1.807, 2.05) is 6.07 Å². The maximum Gasteiger partial charge on any atom is 0.269 e. The van der Waals surface area contributed by atoms with Gasteiger partial charge in [0.05, 0.1) is 11.3 Å². The van der Waals surface area contributed by atoms with E-state index in [-0.39, 0.29) is 24.7 Å². The number of carbonyl (C=O) groups is 1. The van der Waals surface area contributed by atoms with Gasteiger partial charge in [0, 0.05) is 6.54 Å². The van der Waals surface area contributed by atoms with E-state index in [0.717, 1.165) is 0 Å². The lowest BCUT2D eigenvalue weighted by Gasteiger charge is -2.13. The van der Waals surface area contributed by atoms with Crippen LogP contribution in [0.15, 0.2) is 36.4 Å². The Balaban J connectivity index is 1.81. The van der Waals surface area contributed by atoms with Crippen LogP contribution < -0.4 is 10.1 Å². The van der Waals surface area contributed by atoms with Crippen molar-refractivity contribution in [1.82, 2.24) is 10.3 Å². The lowest BCUT2D eigenvalue weighted by Crippen LogP contribution is -2.35. The smallest absolute Gasteiger partial charge is 0.269 e. The zero-order valence-electron chi connectivity index (χ0n) is 13.0. The Morgan fingerprint density at radius 3 is 2.71 bits per heavy atom. The molecule has 0 saturated heterocycles. The molecule has 6 nitrogen and oxygen atoms in total. The largest absolute Gasteiger partial charge is 0.491 e. The van der Waals surface area contributed by atoms with Crippen LogP contribution in [0, 0.1) is 24.1 Å². The maximum atomic E-state index is 12.8. The van der Waals surface area contributed by atoms with Gasteiger partial charge in [0.2, 0.25) is 0 Å². The highest BCUT2D eigenvalue weighted by molar-refractivity contribution is 5.92. The average molecular weight is 329 g/mol. The van der Waals surface area contributed by atoms with Crippen LogP contribution in [0.4, 0.5) is 4.39 Å². The number of carbonyl (C=O) groups excluding carboxylic acids is 1. The summed E-state index contributed by atoms with van der Waals surface area (Å²) in [6.45, 7) is 1.56. The molecule has 2 aromatic rings. The highest BCUT2D eigenvalue weighted by atomic mass is 19.1. The first kappa shape index (κ1) is 17.4. The number of ether oxygens (including phenoxy) is 1. The van der Waals surface area contributed by atoms with Gasteiger partial charge in [-0.25, -0.2) is 9.37 Å². The van der Waals surface area contributed by atoms with Crippen molar-refractivity contribution in [2.75, 3.05) is 13.2 Å². The average Bonchev–Trinajstić information content (AvgIpc) is 2.59. The number of pyridine rings is 1. The molecule has 0 aliphatic heterocycles. The fraction of sp³-hybridized carbons (Fsp3) is 0.235. The van der Waals surface area contributed by atoms with Gasteiger partial charge in [-0.05, 0) is 43.3 Å². The first-order valence-corrected chi connectivity index (χ1v) is 7.22. The van der Waals surface area contributed by atoms with E-state index >= 15 is 0 Å². The number of rotatable bonds is 6. The van der Waals surface area contributed by atoms with Crippen LogP contribution in [0.2, 0.25) is 0 Å². The molecule has 0 bridgehead atoms. The number of amides is 1. The SMILES string of the molecule is Cc1nc(C(=O)NC[C@H](O)COc2ccc(F)cc2)ccc1C#N. The minimum Gasteiger partial charge on any atom is -0.491 e. The second-order valence-electron chi connectivity index (χ2n) is 5.07. The number of aliphatic hydroxyl groups is 1. The molecule has 124 valence electrons. The van der Waals surface area contributed by atoms with E-state index < -0.39 is 12.0 Å². The summed E-state index contributed by atoms with van der Waals surface area (Å²) in [5.41, 5.74) is 1.03. The van der Waals surface area contributed by atoms with Gasteiger partial charge in [-0.3, -0.25) is 4.79 Å². The van der Waals surface area contributed by atoms with E-state index in [1.54, 1.807) is 6.92 Å². The topological polar surface area (TPSA) is 95.2 Å². The monoisotopic (exact) mass is 329 g/mol. The molecule has 7 heteroatoms. The standard InChI is InChI=1S/C17H16FN3O3/c1-11-12(8-19)2-7-16(21-11)17(23)20-9-14(22)10-24-15-5-3-13(18)4-6-15/h2-7,14,22H,9-10H2,1H3,(H,20,23)/t14-/m0/s1. The quantitative estimate of drug-likeness (QED) is 0.839. The Morgan fingerprint density at radius 2 is 2.08 bits per heavy atom. The maximum absolute atomic E-state index is 12.8. The van der Waals surface area contributed by atoms with Crippen molar-refractivity contribution in [3.63, 3.8) is 0 Å². The minimum atomic E-state index is -0.932. The zero-order chi connectivity index (χ0) is 17.5. The van der Waals surface area contributed by atoms with Crippen molar-refractivity contribution in [3.05, 3.63) is 59.2 Å². The number of nitrogens with zero attached hydrogens (tertiary/aromatic N) is 2. The second kappa shape index (κ2) is 8.04. The third-order valence-corrected chi connectivity index (χ3v) is 3.19. The van der Waals surface area contributed by atoms with Gasteiger partial charge in [0.25, 0.3) is 5.91 Å². The van der Waals surface area contributed by atoms with E-state index in [2.05, 4.69) is 10.3 Å². The van der Waals surface area contributed by atoms with Gasteiger partial charge in [0.15, 0.2) is 0 Å². The predicted octanol–water partition coefficient (Wildman–Crippen LogP) is 1.57. The molecule has 1 amide bonds. The van der Waals surface area contributed by atoms with E-state index in [0.29, 0.717) is 17.0 Å². The fourth-order valence-corrected chi connectivity index (χ4v) is 1.89. The summed E-state index contributed by atoms with van der Waals surface area (Å²) in [4.78, 5) is 16.0. The minimum absolute atomic E-state index is 0.0270. The normalized spacial score (nSPS) is 11.4. The molecule has 0 spiro atoms. The number of nitrogens with one attached hydrogen (secondary N) is 1. The first-order valence-electron chi connectivity index (χ1n) is 7.22. The van der Waals surface area contributed by atoms with Gasteiger partial charge < -0.3 is 15.2 Å². The molecular formula is C17H16FN3O3. The summed E-state index contributed by atoms with van der Waals surface area (Å²) in [5.74, 6) is -0.407. The summed E-state index contributed by atoms with van der Waals surface area (Å²) in [6, 6.07) is 10.3. The molecule has 1 aromatic carbocycles. The molecule has 0 unspecified atom stereocenters. The summed E-state index contributed by atoms with van der Waals surface area (Å²) >= 11 is 0. The molecule has 0 aliphatic carbocycles. The van der Waals surface area contributed by atoms with Crippen LogP contribution in [-0.2, 0) is 0 Å². The second-order valence-corrected chi connectivity index (χ2v) is 5.07. The van der Waals surface area contributed by atoms with Crippen LogP contribution in [0.3, 0.4) is 0 Å². The van der Waals surface area contributed by atoms with Crippen LogP contribution in [-0.4, -0.2) is 35.3 Å². The zero-order valence-corrected chi connectivity index (χ0v) is 13.0. The van der Waals surface area contributed by atoms with Crippen molar-refractivity contribution < 1.29 is 19.0 Å². The third-order valence-electron chi connectivity index (χ3n) is 3.19. The molecule has 24 heavy (non-hydrogen) atoms. The van der Waals surface area contributed by atoms with E-state index in [4.69, 9.17) is 10.00 Å². The van der Waals surface area contributed by atoms with Gasteiger partial charge in [-0.2, -0.15) is 5.26 Å². The molecule has 1 atom stereocenters. The highest BCUT2D eigenvalue weighted by Crippen LogP contribution is 2.11. The first-order chi connectivity index (χ1) is 11.5. The number of aromatic nitrogens is 1. The summed E-state index contributed by atoms with van der Waals surface area (Å²) in [6.07, 6.45) is -0.932. The Bertz CT molecular complexity index is 757. The molecular weight excluding hydrogens is 313 g/mol. The van der Waals surface area contributed by atoms with Gasteiger partial charge in [-0.15, -0.1) is 0 Å². The Labute approximate surface area is 138 Å². The summed E-state index contributed by atoms with van der Waals surface area (Å²) in [5, 5.41) is 21.2. The lowest BCUT2D eigenvalue weighted by molar-refractivity contribution is 0.0839. The van der Waals surface area contributed by atoms with E-state index in [1.165, 1.54) is 36.4 Å². The number of hydrogen-bond donors (Lipinski definition) is 2. The molecule has 1 aromatic heterocycles. The molecule has 2 N–H and O–H groups in total. The third kappa shape index (κ3) is 4.76. The number of hydrogen-bond acceptors (Lipinski definition) is 5. The molecule has 1 heterocycles. The Kier molecular flexibility index (Phi) is 5.82. The molecule has 0 fully saturated rings. The van der Waals surface area contributed by atoms with Crippen LogP contribution >= 0.6 is 0 Å². The predicted molar refractivity (Wildman–Crippen MR) is 83.9 cm³/mol. The Morgan fingerprint density at radius 1 is 1.38 bits per heavy atom. The van der Waals surface area contributed by atoms with Crippen molar-refractivity contribution in [3.8, 4) is 11.8 Å². The van der Waals surface area contributed by atoms with Crippen molar-refractivity contribution in [2.24, 2.45) is 0 Å². The van der Waals surface area contributed by atoms with Gasteiger partial charge in [-0.1, -0.05) is 0 Å². The molecule has 0 radical (unpaired) electrons.